The maximum atomic E-state index is 12.0. The number of thiophene rings is 1. The number of fused-ring (bicyclic) bond motifs is 2. The van der Waals surface area contributed by atoms with E-state index in [1.807, 2.05) is 12.1 Å². The van der Waals surface area contributed by atoms with Gasteiger partial charge in [-0.05, 0) is 55.1 Å². The first-order valence-electron chi connectivity index (χ1n) is 9.11. The van der Waals surface area contributed by atoms with E-state index in [-0.39, 0.29) is 0 Å². The summed E-state index contributed by atoms with van der Waals surface area (Å²) in [6.07, 6.45) is 2.16. The average molecular weight is 404 g/mol. The minimum atomic E-state index is -0.451. The monoisotopic (exact) mass is 403 g/mol. The number of carbonyl (C=O) groups excluding carboxylic acids is 1. The van der Waals surface area contributed by atoms with E-state index in [9.17, 15) is 4.79 Å². The fraction of sp³-hybridized carbons (Fsp3) is 0.400. The highest BCUT2D eigenvalue weighted by Gasteiger charge is 2.24. The Labute approximate surface area is 167 Å². The zero-order chi connectivity index (χ0) is 19.1. The lowest BCUT2D eigenvalue weighted by Crippen LogP contribution is -2.29. The Bertz CT molecular complexity index is 1010. The number of halogens is 1. The quantitative estimate of drug-likeness (QED) is 0.639. The van der Waals surface area contributed by atoms with Crippen molar-refractivity contribution >= 4 is 34.4 Å². The molecule has 27 heavy (non-hydrogen) atoms. The van der Waals surface area contributed by atoms with Crippen LogP contribution in [0.3, 0.4) is 0 Å². The molecule has 0 bridgehead atoms. The number of methoxy groups -OCH3 is 1. The van der Waals surface area contributed by atoms with Gasteiger partial charge in [-0.3, -0.25) is 0 Å². The minimum Gasteiger partial charge on any atom is -0.464 e. The zero-order valence-electron chi connectivity index (χ0n) is 15.6. The summed E-state index contributed by atoms with van der Waals surface area (Å²) < 4.78 is 6.43. The average Bonchev–Trinajstić information content (AvgIpc) is 3.23. The second-order valence-corrected chi connectivity index (χ2v) is 8.76. The van der Waals surface area contributed by atoms with E-state index in [0.29, 0.717) is 28.2 Å². The van der Waals surface area contributed by atoms with Crippen molar-refractivity contribution in [3.05, 3.63) is 45.4 Å². The SMILES string of the molecule is COC(=O)c1cc(Cl)c2ccc(-c3cc4c(s3)C(CC(C)C)NCC4)nn12. The number of aromatic nitrogens is 2. The molecule has 0 amide bonds. The van der Waals surface area contributed by atoms with Crippen LogP contribution in [0, 0.1) is 5.92 Å². The highest BCUT2D eigenvalue weighted by molar-refractivity contribution is 7.15. The lowest BCUT2D eigenvalue weighted by atomic mass is 9.96. The van der Waals surface area contributed by atoms with Gasteiger partial charge in [0.15, 0.2) is 5.69 Å². The van der Waals surface area contributed by atoms with Crippen molar-refractivity contribution < 1.29 is 9.53 Å². The summed E-state index contributed by atoms with van der Waals surface area (Å²) in [5.74, 6) is 0.186. The molecule has 142 valence electrons. The summed E-state index contributed by atoms with van der Waals surface area (Å²) in [4.78, 5) is 14.6. The van der Waals surface area contributed by atoms with E-state index in [0.717, 1.165) is 30.0 Å². The molecule has 0 aromatic carbocycles. The first-order chi connectivity index (χ1) is 13.0. The van der Waals surface area contributed by atoms with Crippen LogP contribution in [0.15, 0.2) is 24.3 Å². The lowest BCUT2D eigenvalue weighted by Gasteiger charge is -2.25. The molecule has 3 aromatic heterocycles. The molecule has 1 atom stereocenters. The van der Waals surface area contributed by atoms with Crippen molar-refractivity contribution in [2.45, 2.75) is 32.7 Å². The summed E-state index contributed by atoms with van der Waals surface area (Å²) >= 11 is 8.04. The van der Waals surface area contributed by atoms with E-state index in [1.54, 1.807) is 21.9 Å². The van der Waals surface area contributed by atoms with Crippen molar-refractivity contribution in [3.63, 3.8) is 0 Å². The fourth-order valence-electron chi connectivity index (χ4n) is 3.62. The molecular weight excluding hydrogens is 382 g/mol. The number of rotatable bonds is 4. The number of carbonyl (C=O) groups is 1. The summed E-state index contributed by atoms with van der Waals surface area (Å²) in [5.41, 5.74) is 3.27. The van der Waals surface area contributed by atoms with Crippen LogP contribution in [0.5, 0.6) is 0 Å². The third-order valence-corrected chi connectivity index (χ3v) is 6.48. The van der Waals surface area contributed by atoms with Gasteiger partial charge in [-0.1, -0.05) is 25.4 Å². The smallest absolute Gasteiger partial charge is 0.356 e. The van der Waals surface area contributed by atoms with Crippen molar-refractivity contribution in [3.8, 4) is 10.6 Å². The van der Waals surface area contributed by atoms with Gasteiger partial charge < -0.3 is 10.1 Å². The van der Waals surface area contributed by atoms with Crippen LogP contribution in [-0.4, -0.2) is 29.2 Å². The number of ether oxygens (including phenoxy) is 1. The number of nitrogens with zero attached hydrogens (tertiary/aromatic N) is 2. The Hall–Kier alpha value is -1.89. The molecule has 0 radical (unpaired) electrons. The predicted molar refractivity (Wildman–Crippen MR) is 109 cm³/mol. The Morgan fingerprint density at radius 1 is 1.44 bits per heavy atom. The molecule has 1 N–H and O–H groups in total. The molecule has 0 fully saturated rings. The summed E-state index contributed by atoms with van der Waals surface area (Å²) in [7, 11) is 1.36. The molecule has 1 aliphatic rings. The fourth-order valence-corrected chi connectivity index (χ4v) is 5.13. The summed E-state index contributed by atoms with van der Waals surface area (Å²) in [5, 5.41) is 8.82. The van der Waals surface area contributed by atoms with Gasteiger partial charge in [-0.2, -0.15) is 5.10 Å². The van der Waals surface area contributed by atoms with Gasteiger partial charge in [0.2, 0.25) is 0 Å². The molecule has 7 heteroatoms. The van der Waals surface area contributed by atoms with E-state index in [2.05, 4.69) is 30.3 Å². The number of hydrogen-bond donors (Lipinski definition) is 1. The second kappa shape index (κ2) is 7.26. The van der Waals surface area contributed by atoms with Crippen LogP contribution in [-0.2, 0) is 11.2 Å². The van der Waals surface area contributed by atoms with E-state index < -0.39 is 5.97 Å². The predicted octanol–water partition coefficient (Wildman–Crippen LogP) is 4.74. The third-order valence-electron chi connectivity index (χ3n) is 4.87. The third kappa shape index (κ3) is 3.37. The van der Waals surface area contributed by atoms with Gasteiger partial charge in [0, 0.05) is 10.9 Å². The highest BCUT2D eigenvalue weighted by atomic mass is 35.5. The normalized spacial score (nSPS) is 16.7. The first kappa shape index (κ1) is 18.5. The summed E-state index contributed by atoms with van der Waals surface area (Å²) in [6, 6.07) is 8.11. The molecule has 0 spiro atoms. The standard InChI is InChI=1S/C20H22ClN3O2S/c1-11(2)8-15-19-12(6-7-22-15)9-18(27-19)14-4-5-16-13(21)10-17(20(25)26-3)24(16)23-14/h4-5,9-11,15,22H,6-8H2,1-3H3. The van der Waals surface area contributed by atoms with Crippen LogP contribution >= 0.6 is 22.9 Å². The van der Waals surface area contributed by atoms with E-state index >= 15 is 0 Å². The van der Waals surface area contributed by atoms with Crippen LogP contribution < -0.4 is 5.32 Å². The molecule has 4 heterocycles. The summed E-state index contributed by atoms with van der Waals surface area (Å²) in [6.45, 7) is 5.51. The molecule has 5 nitrogen and oxygen atoms in total. The van der Waals surface area contributed by atoms with Gasteiger partial charge in [0.05, 0.1) is 22.5 Å². The van der Waals surface area contributed by atoms with Crippen molar-refractivity contribution in [2.75, 3.05) is 13.7 Å². The molecule has 0 saturated heterocycles. The van der Waals surface area contributed by atoms with Crippen molar-refractivity contribution in [2.24, 2.45) is 5.92 Å². The van der Waals surface area contributed by atoms with Gasteiger partial charge in [0.1, 0.15) is 5.69 Å². The molecule has 0 aliphatic carbocycles. The number of hydrogen-bond acceptors (Lipinski definition) is 5. The Morgan fingerprint density at radius 2 is 2.26 bits per heavy atom. The van der Waals surface area contributed by atoms with Gasteiger partial charge in [0.25, 0.3) is 0 Å². The molecule has 1 unspecified atom stereocenters. The Balaban J connectivity index is 1.77. The lowest BCUT2D eigenvalue weighted by molar-refractivity contribution is 0.0591. The van der Waals surface area contributed by atoms with Crippen molar-refractivity contribution in [1.82, 2.24) is 14.9 Å². The highest BCUT2D eigenvalue weighted by Crippen LogP contribution is 2.39. The van der Waals surface area contributed by atoms with Gasteiger partial charge >= 0.3 is 5.97 Å². The maximum Gasteiger partial charge on any atom is 0.356 e. The van der Waals surface area contributed by atoms with E-state index in [1.165, 1.54) is 17.6 Å². The second-order valence-electron chi connectivity index (χ2n) is 7.27. The first-order valence-corrected chi connectivity index (χ1v) is 10.3. The van der Waals surface area contributed by atoms with Crippen molar-refractivity contribution in [1.29, 1.82) is 0 Å². The zero-order valence-corrected chi connectivity index (χ0v) is 17.2. The molecule has 1 aliphatic heterocycles. The van der Waals surface area contributed by atoms with Gasteiger partial charge in [-0.15, -0.1) is 11.3 Å². The molecular formula is C20H22ClN3O2S. The Morgan fingerprint density at radius 3 is 3.00 bits per heavy atom. The van der Waals surface area contributed by atoms with Crippen LogP contribution in [0.2, 0.25) is 5.02 Å². The van der Waals surface area contributed by atoms with Crippen LogP contribution in [0.1, 0.15) is 47.2 Å². The molecule has 0 saturated carbocycles. The van der Waals surface area contributed by atoms with Gasteiger partial charge in [-0.25, -0.2) is 9.31 Å². The Kier molecular flexibility index (Phi) is 4.97. The molecule has 4 rings (SSSR count). The number of nitrogens with one attached hydrogen (secondary N) is 1. The van der Waals surface area contributed by atoms with E-state index in [4.69, 9.17) is 16.3 Å². The largest absolute Gasteiger partial charge is 0.464 e. The maximum absolute atomic E-state index is 12.0. The topological polar surface area (TPSA) is 55.6 Å². The number of esters is 1. The van der Waals surface area contributed by atoms with Crippen LogP contribution in [0.4, 0.5) is 0 Å². The molecule has 3 aromatic rings. The van der Waals surface area contributed by atoms with Crippen LogP contribution in [0.25, 0.3) is 16.1 Å². The minimum absolute atomic E-state index is 0.333.